The van der Waals surface area contributed by atoms with Gasteiger partial charge in [-0.2, -0.15) is 11.8 Å². The molecule has 122 valence electrons. The third kappa shape index (κ3) is 4.52. The molecule has 0 amide bonds. The fourth-order valence-corrected chi connectivity index (χ4v) is 4.29. The molecule has 0 aliphatic heterocycles. The van der Waals surface area contributed by atoms with Gasteiger partial charge in [-0.15, -0.1) is 0 Å². The molecule has 3 rings (SSSR count). The van der Waals surface area contributed by atoms with Crippen LogP contribution in [0.15, 0.2) is 48.5 Å². The predicted octanol–water partition coefficient (Wildman–Crippen LogP) is 4.87. The van der Waals surface area contributed by atoms with Crippen LogP contribution in [0.5, 0.6) is 5.75 Å². The van der Waals surface area contributed by atoms with Gasteiger partial charge >= 0.3 is 0 Å². The highest BCUT2D eigenvalue weighted by atomic mass is 32.2. The quantitative estimate of drug-likeness (QED) is 0.851. The second kappa shape index (κ2) is 7.89. The van der Waals surface area contributed by atoms with Crippen molar-refractivity contribution in [1.29, 1.82) is 0 Å². The lowest BCUT2D eigenvalue weighted by Gasteiger charge is -2.25. The first kappa shape index (κ1) is 16.4. The third-order valence-corrected chi connectivity index (χ3v) is 6.00. The monoisotopic (exact) mass is 327 g/mol. The lowest BCUT2D eigenvalue weighted by molar-refractivity contribution is 0.415. The molecule has 0 atom stereocenters. The SMILES string of the molecule is COc1cccc(-c2ccc(CSC3CCC(N)CC3)cc2)c1. The fourth-order valence-electron chi connectivity index (χ4n) is 3.07. The molecular formula is C20H25NOS. The smallest absolute Gasteiger partial charge is 0.119 e. The van der Waals surface area contributed by atoms with Crippen LogP contribution in [0.2, 0.25) is 0 Å². The molecule has 1 fully saturated rings. The Hall–Kier alpha value is -1.45. The minimum Gasteiger partial charge on any atom is -0.497 e. The fraction of sp³-hybridized carbons (Fsp3) is 0.400. The van der Waals surface area contributed by atoms with Crippen LogP contribution >= 0.6 is 11.8 Å². The van der Waals surface area contributed by atoms with Gasteiger partial charge in [0.05, 0.1) is 7.11 Å². The van der Waals surface area contributed by atoms with Gasteiger partial charge in [0.2, 0.25) is 0 Å². The number of hydrogen-bond acceptors (Lipinski definition) is 3. The number of thioether (sulfide) groups is 1. The van der Waals surface area contributed by atoms with Crippen LogP contribution in [0.3, 0.4) is 0 Å². The van der Waals surface area contributed by atoms with Crippen molar-refractivity contribution in [3.05, 3.63) is 54.1 Å². The lowest BCUT2D eigenvalue weighted by atomic mass is 9.96. The van der Waals surface area contributed by atoms with Crippen molar-refractivity contribution in [1.82, 2.24) is 0 Å². The molecule has 0 bridgehead atoms. The molecule has 0 saturated heterocycles. The Morgan fingerprint density at radius 3 is 2.43 bits per heavy atom. The molecular weight excluding hydrogens is 302 g/mol. The zero-order chi connectivity index (χ0) is 16.1. The molecule has 0 unspecified atom stereocenters. The summed E-state index contributed by atoms with van der Waals surface area (Å²) in [5, 5.41) is 0.785. The van der Waals surface area contributed by atoms with Crippen LogP contribution in [0.1, 0.15) is 31.2 Å². The van der Waals surface area contributed by atoms with Gasteiger partial charge in [-0.05, 0) is 54.5 Å². The predicted molar refractivity (Wildman–Crippen MR) is 100.0 cm³/mol. The van der Waals surface area contributed by atoms with Crippen LogP contribution in [-0.2, 0) is 5.75 Å². The Kier molecular flexibility index (Phi) is 5.63. The maximum absolute atomic E-state index is 5.98. The molecule has 2 N–H and O–H groups in total. The second-order valence-electron chi connectivity index (χ2n) is 6.28. The minimum absolute atomic E-state index is 0.439. The number of nitrogens with two attached hydrogens (primary N) is 1. The average Bonchev–Trinajstić information content (AvgIpc) is 2.62. The van der Waals surface area contributed by atoms with Crippen LogP contribution in [0.25, 0.3) is 11.1 Å². The van der Waals surface area contributed by atoms with E-state index in [9.17, 15) is 0 Å². The number of ether oxygens (including phenoxy) is 1. The number of methoxy groups -OCH3 is 1. The van der Waals surface area contributed by atoms with Crippen molar-refractivity contribution in [2.45, 2.75) is 42.7 Å². The standard InChI is InChI=1S/C20H25NOS/c1-22-19-4-2-3-17(13-19)16-7-5-15(6-8-16)14-23-20-11-9-18(21)10-12-20/h2-8,13,18,20H,9-12,14,21H2,1H3. The van der Waals surface area contributed by atoms with Gasteiger partial charge in [0, 0.05) is 17.0 Å². The molecule has 23 heavy (non-hydrogen) atoms. The molecule has 0 aromatic heterocycles. The van der Waals surface area contributed by atoms with Gasteiger partial charge in [-0.1, -0.05) is 36.4 Å². The molecule has 0 radical (unpaired) electrons. The van der Waals surface area contributed by atoms with Crippen molar-refractivity contribution in [2.75, 3.05) is 7.11 Å². The van der Waals surface area contributed by atoms with Gasteiger partial charge in [0.15, 0.2) is 0 Å². The van der Waals surface area contributed by atoms with E-state index in [0.717, 1.165) is 16.8 Å². The summed E-state index contributed by atoms with van der Waals surface area (Å²) >= 11 is 2.08. The average molecular weight is 327 g/mol. The van der Waals surface area contributed by atoms with Crippen molar-refractivity contribution in [3.8, 4) is 16.9 Å². The van der Waals surface area contributed by atoms with Gasteiger partial charge in [0.25, 0.3) is 0 Å². The first-order valence-corrected chi connectivity index (χ1v) is 9.40. The number of benzene rings is 2. The van der Waals surface area contributed by atoms with Crippen molar-refractivity contribution < 1.29 is 4.74 Å². The van der Waals surface area contributed by atoms with E-state index in [1.165, 1.54) is 42.4 Å². The molecule has 1 aliphatic rings. The van der Waals surface area contributed by atoms with Gasteiger partial charge in [-0.25, -0.2) is 0 Å². The van der Waals surface area contributed by atoms with E-state index < -0.39 is 0 Å². The zero-order valence-corrected chi connectivity index (χ0v) is 14.5. The lowest BCUT2D eigenvalue weighted by Crippen LogP contribution is -2.27. The Morgan fingerprint density at radius 1 is 1.00 bits per heavy atom. The largest absolute Gasteiger partial charge is 0.497 e. The van der Waals surface area contributed by atoms with Gasteiger partial charge in [-0.3, -0.25) is 0 Å². The number of rotatable bonds is 5. The minimum atomic E-state index is 0.439. The van der Waals surface area contributed by atoms with Crippen LogP contribution in [0, 0.1) is 0 Å². The highest BCUT2D eigenvalue weighted by molar-refractivity contribution is 7.99. The summed E-state index contributed by atoms with van der Waals surface area (Å²) in [5.41, 5.74) is 9.81. The summed E-state index contributed by atoms with van der Waals surface area (Å²) in [6.45, 7) is 0. The first-order valence-electron chi connectivity index (χ1n) is 8.35. The van der Waals surface area contributed by atoms with Crippen molar-refractivity contribution in [3.63, 3.8) is 0 Å². The highest BCUT2D eigenvalue weighted by Gasteiger charge is 2.18. The number of hydrogen-bond donors (Lipinski definition) is 1. The normalized spacial score (nSPS) is 21.1. The third-order valence-electron chi connectivity index (χ3n) is 4.56. The Bertz CT molecular complexity index is 618. The van der Waals surface area contributed by atoms with E-state index in [1.54, 1.807) is 7.11 Å². The van der Waals surface area contributed by atoms with E-state index in [4.69, 9.17) is 10.5 Å². The summed E-state index contributed by atoms with van der Waals surface area (Å²) in [5.74, 6) is 2.00. The molecule has 2 aromatic rings. The van der Waals surface area contributed by atoms with E-state index >= 15 is 0 Å². The first-order chi connectivity index (χ1) is 11.2. The Labute approximate surface area is 143 Å². The molecule has 3 heteroatoms. The summed E-state index contributed by atoms with van der Waals surface area (Å²) in [6, 6.07) is 17.6. The second-order valence-corrected chi connectivity index (χ2v) is 7.57. The summed E-state index contributed by atoms with van der Waals surface area (Å²) in [4.78, 5) is 0. The Morgan fingerprint density at radius 2 is 1.74 bits per heavy atom. The van der Waals surface area contributed by atoms with Crippen LogP contribution < -0.4 is 10.5 Å². The maximum Gasteiger partial charge on any atom is 0.119 e. The zero-order valence-electron chi connectivity index (χ0n) is 13.7. The van der Waals surface area contributed by atoms with E-state index in [0.29, 0.717) is 6.04 Å². The molecule has 0 spiro atoms. The molecule has 0 heterocycles. The van der Waals surface area contributed by atoms with Crippen LogP contribution in [-0.4, -0.2) is 18.4 Å². The molecule has 2 aromatic carbocycles. The molecule has 1 saturated carbocycles. The van der Waals surface area contributed by atoms with E-state index in [2.05, 4.69) is 48.2 Å². The van der Waals surface area contributed by atoms with Gasteiger partial charge in [0.1, 0.15) is 5.75 Å². The molecule has 1 aliphatic carbocycles. The summed E-state index contributed by atoms with van der Waals surface area (Å²) in [7, 11) is 1.71. The van der Waals surface area contributed by atoms with E-state index in [1.807, 2.05) is 12.1 Å². The maximum atomic E-state index is 5.98. The summed E-state index contributed by atoms with van der Waals surface area (Å²) in [6.07, 6.45) is 4.92. The summed E-state index contributed by atoms with van der Waals surface area (Å²) < 4.78 is 5.30. The Balaban J connectivity index is 1.58. The van der Waals surface area contributed by atoms with Gasteiger partial charge < -0.3 is 10.5 Å². The molecule has 2 nitrogen and oxygen atoms in total. The highest BCUT2D eigenvalue weighted by Crippen LogP contribution is 2.31. The topological polar surface area (TPSA) is 35.2 Å². The van der Waals surface area contributed by atoms with E-state index in [-0.39, 0.29) is 0 Å². The van der Waals surface area contributed by atoms with Crippen molar-refractivity contribution >= 4 is 11.8 Å². The van der Waals surface area contributed by atoms with Crippen molar-refractivity contribution in [2.24, 2.45) is 5.73 Å². The van der Waals surface area contributed by atoms with Crippen LogP contribution in [0.4, 0.5) is 0 Å².